The van der Waals surface area contributed by atoms with Gasteiger partial charge in [-0.15, -0.1) is 0 Å². The van der Waals surface area contributed by atoms with Crippen molar-refractivity contribution in [3.8, 4) is 11.4 Å². The third-order valence-corrected chi connectivity index (χ3v) is 5.27. The van der Waals surface area contributed by atoms with Gasteiger partial charge in [-0.25, -0.2) is 14.4 Å². The number of hydrogen-bond acceptors (Lipinski definition) is 5. The van der Waals surface area contributed by atoms with E-state index in [4.69, 9.17) is 14.7 Å². The van der Waals surface area contributed by atoms with E-state index in [1.165, 1.54) is 12.1 Å². The summed E-state index contributed by atoms with van der Waals surface area (Å²) in [6, 6.07) is 6.27. The Labute approximate surface area is 164 Å². The monoisotopic (exact) mass is 384 g/mol. The van der Waals surface area contributed by atoms with Crippen molar-refractivity contribution >= 4 is 11.7 Å². The van der Waals surface area contributed by atoms with Crippen LogP contribution in [0.5, 0.6) is 0 Å². The number of nitrogens with zero attached hydrogens (tertiary/aromatic N) is 4. The number of ether oxygens (including phenoxy) is 1. The molecule has 1 saturated heterocycles. The van der Waals surface area contributed by atoms with Crippen LogP contribution in [0.15, 0.2) is 24.3 Å². The minimum Gasteiger partial charge on any atom is -0.378 e. The van der Waals surface area contributed by atoms with Gasteiger partial charge in [0.2, 0.25) is 5.91 Å². The van der Waals surface area contributed by atoms with Crippen molar-refractivity contribution in [2.75, 3.05) is 37.7 Å². The number of carbonyl (C=O) groups excluding carboxylic acids is 1. The molecule has 1 aromatic carbocycles. The highest BCUT2D eigenvalue weighted by Crippen LogP contribution is 2.30. The van der Waals surface area contributed by atoms with Crippen LogP contribution in [0.4, 0.5) is 10.2 Å². The standard InChI is InChI=1S/C21H25FN4O2/c1-2-3-19(27)26-9-8-18-17(14-26)21(25-10-12-28-13-11-25)24-20(23-18)15-4-6-16(22)7-5-15/h4-7H,2-3,8-14H2,1H3. The van der Waals surface area contributed by atoms with Gasteiger partial charge in [0.25, 0.3) is 0 Å². The van der Waals surface area contributed by atoms with Gasteiger partial charge < -0.3 is 14.5 Å². The summed E-state index contributed by atoms with van der Waals surface area (Å²) in [6.07, 6.45) is 2.12. The third-order valence-electron chi connectivity index (χ3n) is 5.27. The highest BCUT2D eigenvalue weighted by molar-refractivity contribution is 5.77. The van der Waals surface area contributed by atoms with E-state index in [-0.39, 0.29) is 11.7 Å². The van der Waals surface area contributed by atoms with E-state index in [1.807, 2.05) is 11.8 Å². The molecule has 1 fully saturated rings. The van der Waals surface area contributed by atoms with E-state index in [1.54, 1.807) is 12.1 Å². The Morgan fingerprint density at radius 3 is 2.61 bits per heavy atom. The maximum atomic E-state index is 13.3. The summed E-state index contributed by atoms with van der Waals surface area (Å²) in [6.45, 7) is 6.07. The third kappa shape index (κ3) is 3.85. The molecular weight excluding hydrogens is 359 g/mol. The van der Waals surface area contributed by atoms with Crippen LogP contribution in [0.1, 0.15) is 31.0 Å². The summed E-state index contributed by atoms with van der Waals surface area (Å²) in [5.41, 5.74) is 2.81. The van der Waals surface area contributed by atoms with Crippen LogP contribution in [0.3, 0.4) is 0 Å². The molecule has 7 heteroatoms. The molecule has 2 aromatic rings. The lowest BCUT2D eigenvalue weighted by molar-refractivity contribution is -0.132. The zero-order valence-electron chi connectivity index (χ0n) is 16.2. The average Bonchev–Trinajstić information content (AvgIpc) is 2.74. The van der Waals surface area contributed by atoms with Gasteiger partial charge in [-0.2, -0.15) is 0 Å². The van der Waals surface area contributed by atoms with Gasteiger partial charge >= 0.3 is 0 Å². The molecule has 2 aliphatic rings. The van der Waals surface area contributed by atoms with Crippen molar-refractivity contribution < 1.29 is 13.9 Å². The highest BCUT2D eigenvalue weighted by Gasteiger charge is 2.28. The first kappa shape index (κ1) is 18.8. The van der Waals surface area contributed by atoms with Crippen LogP contribution in [-0.2, 0) is 22.5 Å². The van der Waals surface area contributed by atoms with Crippen molar-refractivity contribution in [1.82, 2.24) is 14.9 Å². The molecule has 0 bridgehead atoms. The van der Waals surface area contributed by atoms with E-state index in [9.17, 15) is 9.18 Å². The fourth-order valence-electron chi connectivity index (χ4n) is 3.75. The number of hydrogen-bond donors (Lipinski definition) is 0. The molecule has 6 nitrogen and oxygen atoms in total. The maximum absolute atomic E-state index is 13.3. The number of benzene rings is 1. The molecule has 2 aliphatic heterocycles. The van der Waals surface area contributed by atoms with Crippen LogP contribution >= 0.6 is 0 Å². The van der Waals surface area contributed by atoms with Gasteiger partial charge in [-0.1, -0.05) is 6.92 Å². The van der Waals surface area contributed by atoms with Gasteiger partial charge in [-0.05, 0) is 30.7 Å². The molecule has 1 aromatic heterocycles. The number of carbonyl (C=O) groups is 1. The van der Waals surface area contributed by atoms with Crippen molar-refractivity contribution in [3.63, 3.8) is 0 Å². The minimum atomic E-state index is -0.278. The number of aromatic nitrogens is 2. The van der Waals surface area contributed by atoms with Gasteiger partial charge in [0.05, 0.1) is 25.5 Å². The molecule has 0 atom stereocenters. The fraction of sp³-hybridized carbons (Fsp3) is 0.476. The predicted octanol–water partition coefficient (Wildman–Crippen LogP) is 2.80. The Morgan fingerprint density at radius 1 is 1.14 bits per heavy atom. The normalized spacial score (nSPS) is 16.8. The van der Waals surface area contributed by atoms with Crippen LogP contribution < -0.4 is 4.90 Å². The second-order valence-corrected chi connectivity index (χ2v) is 7.22. The summed E-state index contributed by atoms with van der Waals surface area (Å²) in [4.78, 5) is 26.2. The van der Waals surface area contributed by atoms with Crippen molar-refractivity contribution in [2.24, 2.45) is 0 Å². The van der Waals surface area contributed by atoms with Crippen molar-refractivity contribution in [2.45, 2.75) is 32.7 Å². The van der Waals surface area contributed by atoms with Gasteiger partial charge in [0.15, 0.2) is 5.82 Å². The molecule has 4 rings (SSSR count). The topological polar surface area (TPSA) is 58.6 Å². The van der Waals surface area contributed by atoms with E-state index in [0.717, 1.165) is 42.1 Å². The molecule has 0 N–H and O–H groups in total. The number of anilines is 1. The number of halogens is 1. The van der Waals surface area contributed by atoms with Crippen molar-refractivity contribution in [3.05, 3.63) is 41.3 Å². The summed E-state index contributed by atoms with van der Waals surface area (Å²) >= 11 is 0. The van der Waals surface area contributed by atoms with Gasteiger partial charge in [0, 0.05) is 43.6 Å². The summed E-state index contributed by atoms with van der Waals surface area (Å²) < 4.78 is 18.8. The molecule has 0 radical (unpaired) electrons. The second kappa shape index (κ2) is 8.22. The minimum absolute atomic E-state index is 0.184. The van der Waals surface area contributed by atoms with Crippen LogP contribution in [0.25, 0.3) is 11.4 Å². The number of rotatable bonds is 4. The lowest BCUT2D eigenvalue weighted by atomic mass is 10.0. The predicted molar refractivity (Wildman–Crippen MR) is 104 cm³/mol. The molecule has 0 spiro atoms. The summed E-state index contributed by atoms with van der Waals surface area (Å²) in [5.74, 6) is 1.39. The lowest BCUT2D eigenvalue weighted by Crippen LogP contribution is -2.41. The molecule has 0 unspecified atom stereocenters. The first-order valence-corrected chi connectivity index (χ1v) is 9.92. The van der Waals surface area contributed by atoms with Crippen molar-refractivity contribution in [1.29, 1.82) is 0 Å². The Morgan fingerprint density at radius 2 is 1.89 bits per heavy atom. The van der Waals surface area contributed by atoms with Crippen LogP contribution in [0.2, 0.25) is 0 Å². The quantitative estimate of drug-likeness (QED) is 0.811. The number of amides is 1. The molecule has 1 amide bonds. The Balaban J connectivity index is 1.73. The fourth-order valence-corrected chi connectivity index (χ4v) is 3.75. The lowest BCUT2D eigenvalue weighted by Gasteiger charge is -2.34. The second-order valence-electron chi connectivity index (χ2n) is 7.22. The van der Waals surface area contributed by atoms with Gasteiger partial charge in [0.1, 0.15) is 11.6 Å². The molecule has 28 heavy (non-hydrogen) atoms. The smallest absolute Gasteiger partial charge is 0.222 e. The Kier molecular flexibility index (Phi) is 5.52. The summed E-state index contributed by atoms with van der Waals surface area (Å²) in [7, 11) is 0. The maximum Gasteiger partial charge on any atom is 0.222 e. The molecule has 148 valence electrons. The van der Waals surface area contributed by atoms with E-state index in [0.29, 0.717) is 45.0 Å². The largest absolute Gasteiger partial charge is 0.378 e. The Bertz CT molecular complexity index is 850. The van der Waals surface area contributed by atoms with Crippen LogP contribution in [0, 0.1) is 5.82 Å². The van der Waals surface area contributed by atoms with E-state index < -0.39 is 0 Å². The molecule has 0 saturated carbocycles. The zero-order chi connectivity index (χ0) is 19.5. The molecule has 3 heterocycles. The van der Waals surface area contributed by atoms with Crippen LogP contribution in [-0.4, -0.2) is 53.6 Å². The van der Waals surface area contributed by atoms with Gasteiger partial charge in [-0.3, -0.25) is 4.79 Å². The first-order chi connectivity index (χ1) is 13.7. The summed E-state index contributed by atoms with van der Waals surface area (Å²) in [5, 5.41) is 0. The first-order valence-electron chi connectivity index (χ1n) is 9.92. The SMILES string of the molecule is CCCC(=O)N1CCc2nc(-c3ccc(F)cc3)nc(N3CCOCC3)c2C1. The molecular formula is C21H25FN4O2. The average molecular weight is 384 g/mol. The number of fused-ring (bicyclic) bond motifs is 1. The Hall–Kier alpha value is -2.54. The van der Waals surface area contributed by atoms with E-state index in [2.05, 4.69) is 4.90 Å². The van der Waals surface area contributed by atoms with E-state index >= 15 is 0 Å². The number of morpholine rings is 1. The zero-order valence-corrected chi connectivity index (χ0v) is 16.2. The molecule has 0 aliphatic carbocycles. The highest BCUT2D eigenvalue weighted by atomic mass is 19.1.